The van der Waals surface area contributed by atoms with Gasteiger partial charge in [0.2, 0.25) is 15.9 Å². The molecule has 38 heavy (non-hydrogen) atoms. The van der Waals surface area contributed by atoms with Crippen LogP contribution in [0.5, 0.6) is 5.75 Å². The number of sulfonamides is 1. The number of carboxylic acid groups (broad SMARTS) is 1. The minimum absolute atomic E-state index is 0.0441. The largest absolute Gasteiger partial charge is 0.492 e. The van der Waals surface area contributed by atoms with Gasteiger partial charge in [-0.05, 0) is 66.3 Å². The summed E-state index contributed by atoms with van der Waals surface area (Å²) in [5, 5.41) is 12.2. The van der Waals surface area contributed by atoms with Gasteiger partial charge in [-0.1, -0.05) is 59.6 Å². The van der Waals surface area contributed by atoms with Crippen LogP contribution < -0.4 is 10.1 Å². The Hall–Kier alpha value is -3.11. The maximum Gasteiger partial charge on any atom is 0.330 e. The Morgan fingerprint density at radius 2 is 1.74 bits per heavy atom. The molecule has 1 aliphatic carbocycles. The van der Waals surface area contributed by atoms with Gasteiger partial charge in [0.15, 0.2) is 6.04 Å². The van der Waals surface area contributed by atoms with E-state index in [-0.39, 0.29) is 28.1 Å². The SMILES string of the molecule is O=C(CN(CCOc1ccc2c(c1)CCC2)S(=O)(=O)c1ccc(Cl)cc1Cl)NC(C(=O)O)c1ccccc1. The molecule has 0 aliphatic heterocycles. The molecule has 0 spiro atoms. The molecule has 0 saturated carbocycles. The number of aliphatic carboxylic acids is 1. The zero-order valence-corrected chi connectivity index (χ0v) is 22.6. The molecule has 8 nitrogen and oxygen atoms in total. The first-order chi connectivity index (χ1) is 18.1. The molecule has 1 aliphatic rings. The second-order valence-corrected chi connectivity index (χ2v) is 11.5. The van der Waals surface area contributed by atoms with Crippen LogP contribution in [0.2, 0.25) is 10.0 Å². The van der Waals surface area contributed by atoms with Crippen LogP contribution in [0.4, 0.5) is 0 Å². The van der Waals surface area contributed by atoms with Crippen molar-refractivity contribution in [1.82, 2.24) is 9.62 Å². The number of fused-ring (bicyclic) bond motifs is 1. The molecule has 1 unspecified atom stereocenters. The van der Waals surface area contributed by atoms with Gasteiger partial charge in [-0.15, -0.1) is 0 Å². The van der Waals surface area contributed by atoms with Crippen LogP contribution in [0, 0.1) is 0 Å². The van der Waals surface area contributed by atoms with Crippen LogP contribution in [-0.4, -0.2) is 49.4 Å². The minimum Gasteiger partial charge on any atom is -0.492 e. The van der Waals surface area contributed by atoms with Crippen molar-refractivity contribution in [1.29, 1.82) is 0 Å². The average molecular weight is 577 g/mol. The van der Waals surface area contributed by atoms with E-state index in [1.54, 1.807) is 30.3 Å². The number of carbonyl (C=O) groups is 2. The van der Waals surface area contributed by atoms with Crippen molar-refractivity contribution >= 4 is 45.1 Å². The van der Waals surface area contributed by atoms with E-state index >= 15 is 0 Å². The molecule has 0 radical (unpaired) electrons. The Morgan fingerprint density at radius 3 is 2.45 bits per heavy atom. The van der Waals surface area contributed by atoms with Crippen molar-refractivity contribution < 1.29 is 27.9 Å². The standard InChI is InChI=1S/C27H26Cl2N2O6S/c28-21-10-12-24(23(29)16-21)38(35,36)31(13-14-37-22-11-9-18-7-4-8-20(18)15-22)17-25(32)30-26(27(33)34)19-5-2-1-3-6-19/h1-3,5-6,9-12,15-16,26H,4,7-8,13-14,17H2,(H,30,32)(H,33,34). The lowest BCUT2D eigenvalue weighted by atomic mass is 10.1. The zero-order valence-electron chi connectivity index (χ0n) is 20.3. The quantitative estimate of drug-likeness (QED) is 0.347. The Morgan fingerprint density at radius 1 is 1.00 bits per heavy atom. The lowest BCUT2D eigenvalue weighted by Gasteiger charge is -2.24. The van der Waals surface area contributed by atoms with Crippen LogP contribution in [-0.2, 0) is 32.5 Å². The third-order valence-electron chi connectivity index (χ3n) is 6.20. The molecule has 11 heteroatoms. The summed E-state index contributed by atoms with van der Waals surface area (Å²) in [4.78, 5) is 24.5. The van der Waals surface area contributed by atoms with Gasteiger partial charge >= 0.3 is 5.97 Å². The van der Waals surface area contributed by atoms with Crippen molar-refractivity contribution in [3.8, 4) is 5.75 Å². The fourth-order valence-electron chi connectivity index (χ4n) is 4.31. The molecule has 0 bridgehead atoms. The molecule has 2 N–H and O–H groups in total. The van der Waals surface area contributed by atoms with E-state index in [1.807, 2.05) is 18.2 Å². The summed E-state index contributed by atoms with van der Waals surface area (Å²) in [6.07, 6.45) is 3.08. The van der Waals surface area contributed by atoms with E-state index in [0.29, 0.717) is 11.3 Å². The number of nitrogens with zero attached hydrogens (tertiary/aromatic N) is 1. The lowest BCUT2D eigenvalue weighted by Crippen LogP contribution is -2.44. The van der Waals surface area contributed by atoms with Gasteiger partial charge in [0.05, 0.1) is 11.6 Å². The molecule has 1 amide bonds. The molecule has 0 saturated heterocycles. The summed E-state index contributed by atoms with van der Waals surface area (Å²) in [6.45, 7) is -0.877. The molecule has 4 rings (SSSR count). The molecular weight excluding hydrogens is 551 g/mol. The van der Waals surface area contributed by atoms with E-state index in [2.05, 4.69) is 5.32 Å². The first-order valence-electron chi connectivity index (χ1n) is 11.9. The summed E-state index contributed by atoms with van der Waals surface area (Å²) in [7, 11) is -4.27. The van der Waals surface area contributed by atoms with E-state index in [9.17, 15) is 23.1 Å². The number of aryl methyl sites for hydroxylation is 2. The molecule has 3 aromatic rings. The third kappa shape index (κ3) is 6.66. The summed E-state index contributed by atoms with van der Waals surface area (Å²) in [5.74, 6) is -1.47. The summed E-state index contributed by atoms with van der Waals surface area (Å²) >= 11 is 12.1. The first-order valence-corrected chi connectivity index (χ1v) is 14.1. The number of hydrogen-bond donors (Lipinski definition) is 2. The van der Waals surface area contributed by atoms with Gasteiger partial charge in [0.25, 0.3) is 0 Å². The molecule has 3 aromatic carbocycles. The number of hydrogen-bond acceptors (Lipinski definition) is 5. The normalized spacial score (nSPS) is 13.7. The van der Waals surface area contributed by atoms with Crippen molar-refractivity contribution in [3.05, 3.63) is 93.5 Å². The number of rotatable bonds is 11. The molecule has 0 fully saturated rings. The van der Waals surface area contributed by atoms with E-state index in [4.69, 9.17) is 27.9 Å². The molecule has 0 aromatic heterocycles. The highest BCUT2D eigenvalue weighted by Gasteiger charge is 2.31. The Balaban J connectivity index is 1.53. The van der Waals surface area contributed by atoms with Gasteiger partial charge in [-0.25, -0.2) is 13.2 Å². The molecule has 1 atom stereocenters. The predicted octanol–water partition coefficient (Wildman–Crippen LogP) is 4.49. The highest BCUT2D eigenvalue weighted by molar-refractivity contribution is 7.89. The minimum atomic E-state index is -4.27. The molecular formula is C27H26Cl2N2O6S. The summed E-state index contributed by atoms with van der Waals surface area (Å²) < 4.78 is 33.8. The summed E-state index contributed by atoms with van der Waals surface area (Å²) in [5.41, 5.74) is 2.84. The predicted molar refractivity (Wildman–Crippen MR) is 144 cm³/mol. The van der Waals surface area contributed by atoms with Crippen molar-refractivity contribution in [2.24, 2.45) is 0 Å². The second kappa shape index (κ2) is 12.2. The van der Waals surface area contributed by atoms with Gasteiger partial charge < -0.3 is 15.2 Å². The number of ether oxygens (including phenoxy) is 1. The summed E-state index contributed by atoms with van der Waals surface area (Å²) in [6, 6.07) is 16.5. The van der Waals surface area contributed by atoms with Crippen LogP contribution in [0.25, 0.3) is 0 Å². The van der Waals surface area contributed by atoms with E-state index < -0.39 is 34.5 Å². The number of halogens is 2. The first kappa shape index (κ1) is 27.9. The van der Waals surface area contributed by atoms with Crippen molar-refractivity contribution in [3.63, 3.8) is 0 Å². The zero-order chi connectivity index (χ0) is 27.3. The number of benzene rings is 3. The highest BCUT2D eigenvalue weighted by Crippen LogP contribution is 2.28. The van der Waals surface area contributed by atoms with Gasteiger partial charge in [0.1, 0.15) is 17.3 Å². The number of carbonyl (C=O) groups excluding carboxylic acids is 1. The van der Waals surface area contributed by atoms with Crippen LogP contribution in [0.3, 0.4) is 0 Å². The maximum absolute atomic E-state index is 13.5. The smallest absolute Gasteiger partial charge is 0.330 e. The monoisotopic (exact) mass is 576 g/mol. The van der Waals surface area contributed by atoms with Crippen LogP contribution >= 0.6 is 23.2 Å². The maximum atomic E-state index is 13.5. The van der Waals surface area contributed by atoms with E-state index in [0.717, 1.165) is 23.6 Å². The molecule has 0 heterocycles. The topological polar surface area (TPSA) is 113 Å². The van der Waals surface area contributed by atoms with E-state index in [1.165, 1.54) is 29.3 Å². The van der Waals surface area contributed by atoms with Gasteiger partial charge in [-0.2, -0.15) is 4.31 Å². The van der Waals surface area contributed by atoms with Gasteiger partial charge in [0, 0.05) is 11.6 Å². The second-order valence-electron chi connectivity index (χ2n) is 8.80. The highest BCUT2D eigenvalue weighted by atomic mass is 35.5. The Bertz CT molecular complexity index is 1430. The Labute approximate surface area is 231 Å². The number of amides is 1. The number of nitrogens with one attached hydrogen (secondary N) is 1. The Kier molecular flexibility index (Phi) is 8.94. The van der Waals surface area contributed by atoms with Crippen molar-refractivity contribution in [2.45, 2.75) is 30.2 Å². The fraction of sp³-hybridized carbons (Fsp3) is 0.259. The average Bonchev–Trinajstić information content (AvgIpc) is 3.35. The number of carboxylic acids is 1. The fourth-order valence-corrected chi connectivity index (χ4v) is 6.44. The van der Waals surface area contributed by atoms with Crippen LogP contribution in [0.15, 0.2) is 71.6 Å². The van der Waals surface area contributed by atoms with Crippen molar-refractivity contribution in [2.75, 3.05) is 19.7 Å². The molecule has 200 valence electrons. The van der Waals surface area contributed by atoms with Crippen LogP contribution in [0.1, 0.15) is 29.2 Å². The van der Waals surface area contributed by atoms with Gasteiger partial charge in [-0.3, -0.25) is 4.79 Å². The lowest BCUT2D eigenvalue weighted by molar-refractivity contribution is -0.142. The third-order valence-corrected chi connectivity index (χ3v) is 8.76.